The lowest BCUT2D eigenvalue weighted by Crippen LogP contribution is -2.29. The SMILES string of the molecule is Cc1ccc2nc(N3C(=O)C(=O)C(=C(O)c4ccc(Cl)cc4)C3c3ccccc3)sc2c1. The molecular weight excluding hydrogens is 444 g/mol. The van der Waals surface area contributed by atoms with Crippen molar-refractivity contribution in [2.75, 3.05) is 4.90 Å². The maximum absolute atomic E-state index is 13.2. The van der Waals surface area contributed by atoms with Crippen molar-refractivity contribution in [3.63, 3.8) is 0 Å². The van der Waals surface area contributed by atoms with Crippen molar-refractivity contribution < 1.29 is 14.7 Å². The van der Waals surface area contributed by atoms with E-state index in [1.54, 1.807) is 24.3 Å². The molecule has 0 radical (unpaired) electrons. The Balaban J connectivity index is 1.72. The first-order valence-electron chi connectivity index (χ1n) is 9.93. The van der Waals surface area contributed by atoms with Gasteiger partial charge in [-0.1, -0.05) is 59.3 Å². The summed E-state index contributed by atoms with van der Waals surface area (Å²) in [4.78, 5) is 32.4. The van der Waals surface area contributed by atoms with Crippen LogP contribution >= 0.6 is 22.9 Å². The van der Waals surface area contributed by atoms with Crippen molar-refractivity contribution in [2.45, 2.75) is 13.0 Å². The predicted octanol–water partition coefficient (Wildman–Crippen LogP) is 5.88. The van der Waals surface area contributed by atoms with Crippen molar-refractivity contribution in [1.29, 1.82) is 0 Å². The fourth-order valence-corrected chi connectivity index (χ4v) is 5.08. The number of carbonyl (C=O) groups is 2. The number of fused-ring (bicyclic) bond motifs is 1. The number of Topliss-reactive ketones (excluding diaryl/α,β-unsaturated/α-hetero) is 1. The van der Waals surface area contributed by atoms with Gasteiger partial charge in [0.15, 0.2) is 5.13 Å². The number of hydrogen-bond donors (Lipinski definition) is 1. The zero-order valence-electron chi connectivity index (χ0n) is 16.9. The van der Waals surface area contributed by atoms with E-state index in [2.05, 4.69) is 4.98 Å². The van der Waals surface area contributed by atoms with Gasteiger partial charge >= 0.3 is 5.91 Å². The first kappa shape index (κ1) is 20.4. The highest BCUT2D eigenvalue weighted by Gasteiger charge is 2.48. The third-order valence-electron chi connectivity index (χ3n) is 5.42. The molecule has 32 heavy (non-hydrogen) atoms. The Morgan fingerprint density at radius 1 is 1.03 bits per heavy atom. The molecule has 1 amide bonds. The van der Waals surface area contributed by atoms with Crippen LogP contribution in [-0.2, 0) is 9.59 Å². The maximum atomic E-state index is 13.2. The van der Waals surface area contributed by atoms with Crippen LogP contribution in [0.15, 0.2) is 78.4 Å². The van der Waals surface area contributed by atoms with Gasteiger partial charge in [0.2, 0.25) is 0 Å². The Hall–Kier alpha value is -3.48. The van der Waals surface area contributed by atoms with Crippen molar-refractivity contribution in [2.24, 2.45) is 0 Å². The van der Waals surface area contributed by atoms with Crippen molar-refractivity contribution in [1.82, 2.24) is 4.98 Å². The van der Waals surface area contributed by atoms with Gasteiger partial charge < -0.3 is 5.11 Å². The highest BCUT2D eigenvalue weighted by Crippen LogP contribution is 2.44. The fraction of sp³-hybridized carbons (Fsp3) is 0.0800. The normalized spacial score (nSPS) is 17.9. The van der Waals surface area contributed by atoms with E-state index in [4.69, 9.17) is 11.6 Å². The number of rotatable bonds is 3. The Labute approximate surface area is 193 Å². The average molecular weight is 461 g/mol. The minimum atomic E-state index is -0.798. The molecule has 1 aromatic heterocycles. The number of nitrogens with zero attached hydrogens (tertiary/aromatic N) is 2. The van der Waals surface area contributed by atoms with Crippen molar-refractivity contribution in [3.05, 3.63) is 100 Å². The number of aliphatic hydroxyl groups excluding tert-OH is 1. The minimum Gasteiger partial charge on any atom is -0.507 e. The summed E-state index contributed by atoms with van der Waals surface area (Å²) < 4.78 is 0.923. The van der Waals surface area contributed by atoms with Crippen LogP contribution in [0, 0.1) is 6.92 Å². The van der Waals surface area contributed by atoms with Gasteiger partial charge in [-0.3, -0.25) is 14.5 Å². The molecule has 1 N–H and O–H groups in total. The van der Waals surface area contributed by atoms with Gasteiger partial charge in [0, 0.05) is 10.6 Å². The van der Waals surface area contributed by atoms with E-state index in [1.165, 1.54) is 16.2 Å². The molecule has 0 aliphatic carbocycles. The third-order valence-corrected chi connectivity index (χ3v) is 6.69. The van der Waals surface area contributed by atoms with Gasteiger partial charge in [-0.15, -0.1) is 0 Å². The van der Waals surface area contributed by atoms with Gasteiger partial charge in [0.25, 0.3) is 5.78 Å². The summed E-state index contributed by atoms with van der Waals surface area (Å²) >= 11 is 7.32. The Morgan fingerprint density at radius 3 is 2.47 bits per heavy atom. The zero-order chi connectivity index (χ0) is 22.4. The molecule has 1 aliphatic heterocycles. The molecule has 0 saturated carbocycles. The molecule has 1 saturated heterocycles. The van der Waals surface area contributed by atoms with Crippen molar-refractivity contribution in [3.8, 4) is 0 Å². The Kier molecular flexibility index (Phi) is 5.04. The molecule has 0 bridgehead atoms. The number of aliphatic hydroxyl groups is 1. The van der Waals surface area contributed by atoms with Crippen LogP contribution in [0.4, 0.5) is 5.13 Å². The first-order valence-corrected chi connectivity index (χ1v) is 11.1. The lowest BCUT2D eigenvalue weighted by atomic mass is 9.95. The van der Waals surface area contributed by atoms with Crippen LogP contribution in [-0.4, -0.2) is 21.8 Å². The molecule has 1 fully saturated rings. The molecule has 158 valence electrons. The number of anilines is 1. The molecule has 4 aromatic rings. The Bertz CT molecular complexity index is 1390. The van der Waals surface area contributed by atoms with Crippen LogP contribution in [0.5, 0.6) is 0 Å². The van der Waals surface area contributed by atoms with Crippen LogP contribution in [0.2, 0.25) is 5.02 Å². The molecule has 5 nitrogen and oxygen atoms in total. The molecule has 2 heterocycles. The van der Waals surface area contributed by atoms with Gasteiger partial charge in [-0.05, 0) is 54.4 Å². The van der Waals surface area contributed by atoms with E-state index in [1.807, 2.05) is 55.5 Å². The average Bonchev–Trinajstić information content (AvgIpc) is 3.32. The molecule has 5 rings (SSSR count). The Morgan fingerprint density at radius 2 is 1.75 bits per heavy atom. The number of benzene rings is 3. The third kappa shape index (κ3) is 3.38. The fourth-order valence-electron chi connectivity index (χ4n) is 3.87. The predicted molar refractivity (Wildman–Crippen MR) is 127 cm³/mol. The van der Waals surface area contributed by atoms with Gasteiger partial charge in [-0.2, -0.15) is 0 Å². The van der Waals surface area contributed by atoms with Crippen molar-refractivity contribution >= 4 is 55.7 Å². The van der Waals surface area contributed by atoms with Gasteiger partial charge in [0.1, 0.15) is 5.76 Å². The topological polar surface area (TPSA) is 70.5 Å². The highest BCUT2D eigenvalue weighted by atomic mass is 35.5. The molecule has 1 atom stereocenters. The summed E-state index contributed by atoms with van der Waals surface area (Å²) in [7, 11) is 0. The standard InChI is InChI=1S/C25H17ClN2O3S/c1-14-7-12-18-19(13-14)32-25(27-18)28-21(15-5-3-2-4-6-15)20(23(30)24(28)31)22(29)16-8-10-17(26)11-9-16/h2-13,21,29H,1H3. The van der Waals surface area contributed by atoms with Crippen LogP contribution < -0.4 is 4.90 Å². The van der Waals surface area contributed by atoms with Crippen LogP contribution in [0.25, 0.3) is 16.0 Å². The number of halogens is 1. The van der Waals surface area contributed by atoms with E-state index < -0.39 is 17.7 Å². The van der Waals surface area contributed by atoms with E-state index in [0.717, 1.165) is 15.8 Å². The first-order chi connectivity index (χ1) is 15.4. The van der Waals surface area contributed by atoms with E-state index in [9.17, 15) is 14.7 Å². The number of hydrogen-bond acceptors (Lipinski definition) is 5. The summed E-state index contributed by atoms with van der Waals surface area (Å²) in [6.07, 6.45) is 0. The molecule has 1 aliphatic rings. The zero-order valence-corrected chi connectivity index (χ0v) is 18.5. The van der Waals surface area contributed by atoms with E-state index >= 15 is 0 Å². The molecule has 0 spiro atoms. The maximum Gasteiger partial charge on any atom is 0.301 e. The lowest BCUT2D eigenvalue weighted by Gasteiger charge is -2.22. The largest absolute Gasteiger partial charge is 0.507 e. The number of carbonyl (C=O) groups excluding carboxylic acids is 2. The number of aryl methyl sites for hydroxylation is 1. The van der Waals surface area contributed by atoms with Crippen LogP contribution in [0.1, 0.15) is 22.7 Å². The second-order valence-corrected chi connectivity index (χ2v) is 9.00. The molecular formula is C25H17ClN2O3S. The highest BCUT2D eigenvalue weighted by molar-refractivity contribution is 7.22. The monoisotopic (exact) mass is 460 g/mol. The summed E-state index contributed by atoms with van der Waals surface area (Å²) in [5.74, 6) is -1.71. The summed E-state index contributed by atoms with van der Waals surface area (Å²) in [6, 6.07) is 20.7. The number of amides is 1. The number of ketones is 1. The molecule has 3 aromatic carbocycles. The second-order valence-electron chi connectivity index (χ2n) is 7.55. The van der Waals surface area contributed by atoms with Gasteiger partial charge in [0.05, 0.1) is 21.8 Å². The molecule has 7 heteroatoms. The van der Waals surface area contributed by atoms with E-state index in [0.29, 0.717) is 21.3 Å². The smallest absolute Gasteiger partial charge is 0.301 e. The van der Waals surface area contributed by atoms with Gasteiger partial charge in [-0.25, -0.2) is 4.98 Å². The summed E-state index contributed by atoms with van der Waals surface area (Å²) in [6.45, 7) is 1.99. The van der Waals surface area contributed by atoms with E-state index in [-0.39, 0.29) is 11.3 Å². The van der Waals surface area contributed by atoms with Crippen LogP contribution in [0.3, 0.4) is 0 Å². The summed E-state index contributed by atoms with van der Waals surface area (Å²) in [5.41, 5.74) is 2.98. The summed E-state index contributed by atoms with van der Waals surface area (Å²) in [5, 5.41) is 12.0. The molecule has 1 unspecified atom stereocenters. The second kappa shape index (κ2) is 7.89. The lowest BCUT2D eigenvalue weighted by molar-refractivity contribution is -0.132. The minimum absolute atomic E-state index is 0.0268. The number of aromatic nitrogens is 1. The quantitative estimate of drug-likeness (QED) is 0.235. The number of thiazole rings is 1.